The van der Waals surface area contributed by atoms with Crippen LogP contribution in [0, 0.1) is 0 Å². The second-order valence-electron chi connectivity index (χ2n) is 4.59. The molecule has 1 amide bonds. The molecule has 0 atom stereocenters. The average molecular weight is 299 g/mol. The smallest absolute Gasteiger partial charge is 0.251 e. The van der Waals surface area contributed by atoms with Crippen LogP contribution in [0.3, 0.4) is 0 Å². The minimum Gasteiger partial charge on any atom is -0.389 e. The van der Waals surface area contributed by atoms with Gasteiger partial charge in [-0.2, -0.15) is 0 Å². The number of amides is 1. The number of aryl methyl sites for hydroxylation is 1. The van der Waals surface area contributed by atoms with Gasteiger partial charge in [-0.3, -0.25) is 9.78 Å². The number of pyridine rings is 1. The first-order valence-corrected chi connectivity index (χ1v) is 7.13. The molecule has 0 fully saturated rings. The van der Waals surface area contributed by atoms with Gasteiger partial charge in [-0.05, 0) is 30.2 Å². The SMILES string of the molecule is CCc1cccnc1CNC(=O)c1cccc(C(N)=S)c1. The fraction of sp³-hybridized carbons (Fsp3) is 0.188. The fourth-order valence-electron chi connectivity index (χ4n) is 2.03. The second-order valence-corrected chi connectivity index (χ2v) is 5.03. The monoisotopic (exact) mass is 299 g/mol. The number of nitrogens with two attached hydrogens (primary N) is 1. The van der Waals surface area contributed by atoms with Crippen molar-refractivity contribution in [2.75, 3.05) is 0 Å². The van der Waals surface area contributed by atoms with E-state index in [9.17, 15) is 4.79 Å². The van der Waals surface area contributed by atoms with Gasteiger partial charge >= 0.3 is 0 Å². The molecular formula is C16H17N3OS. The van der Waals surface area contributed by atoms with E-state index >= 15 is 0 Å². The molecule has 0 aliphatic heterocycles. The van der Waals surface area contributed by atoms with Crippen LogP contribution in [0.5, 0.6) is 0 Å². The molecule has 5 heteroatoms. The molecule has 0 aliphatic carbocycles. The predicted octanol–water partition coefficient (Wildman–Crippen LogP) is 2.21. The van der Waals surface area contributed by atoms with E-state index in [1.807, 2.05) is 12.1 Å². The van der Waals surface area contributed by atoms with Gasteiger partial charge in [-0.15, -0.1) is 0 Å². The summed E-state index contributed by atoms with van der Waals surface area (Å²) in [5, 5.41) is 2.87. The van der Waals surface area contributed by atoms with E-state index in [-0.39, 0.29) is 10.9 Å². The lowest BCUT2D eigenvalue weighted by molar-refractivity contribution is 0.0950. The minimum atomic E-state index is -0.166. The summed E-state index contributed by atoms with van der Waals surface area (Å²) < 4.78 is 0. The van der Waals surface area contributed by atoms with E-state index in [0.29, 0.717) is 17.7 Å². The quantitative estimate of drug-likeness (QED) is 0.831. The van der Waals surface area contributed by atoms with Crippen molar-refractivity contribution < 1.29 is 4.79 Å². The first-order chi connectivity index (χ1) is 10.1. The molecule has 1 aromatic heterocycles. The van der Waals surface area contributed by atoms with E-state index in [2.05, 4.69) is 17.2 Å². The Morgan fingerprint density at radius 1 is 1.29 bits per heavy atom. The van der Waals surface area contributed by atoms with Gasteiger partial charge in [0.25, 0.3) is 5.91 Å². The summed E-state index contributed by atoms with van der Waals surface area (Å²) in [7, 11) is 0. The summed E-state index contributed by atoms with van der Waals surface area (Å²) in [5.41, 5.74) is 8.82. The van der Waals surface area contributed by atoms with Crippen LogP contribution in [0.1, 0.15) is 34.1 Å². The van der Waals surface area contributed by atoms with Crippen LogP contribution in [0.15, 0.2) is 42.6 Å². The molecule has 0 spiro atoms. The van der Waals surface area contributed by atoms with Crippen LogP contribution in [0.25, 0.3) is 0 Å². The van der Waals surface area contributed by atoms with Crippen LogP contribution >= 0.6 is 12.2 Å². The molecule has 1 heterocycles. The number of hydrogen-bond acceptors (Lipinski definition) is 3. The van der Waals surface area contributed by atoms with E-state index in [1.54, 1.807) is 30.5 Å². The molecule has 2 rings (SSSR count). The van der Waals surface area contributed by atoms with Gasteiger partial charge in [-0.1, -0.05) is 37.3 Å². The highest BCUT2D eigenvalue weighted by Gasteiger charge is 2.08. The number of hydrogen-bond donors (Lipinski definition) is 2. The lowest BCUT2D eigenvalue weighted by Crippen LogP contribution is -2.24. The third-order valence-electron chi connectivity index (χ3n) is 3.19. The summed E-state index contributed by atoms with van der Waals surface area (Å²) in [6, 6.07) is 10.9. The molecule has 0 bridgehead atoms. The first-order valence-electron chi connectivity index (χ1n) is 6.72. The Hall–Kier alpha value is -2.27. The third kappa shape index (κ3) is 3.86. The Morgan fingerprint density at radius 2 is 2.05 bits per heavy atom. The van der Waals surface area contributed by atoms with Gasteiger partial charge in [0.05, 0.1) is 12.2 Å². The molecule has 4 nitrogen and oxygen atoms in total. The summed E-state index contributed by atoms with van der Waals surface area (Å²) in [6.45, 7) is 2.47. The molecule has 0 radical (unpaired) electrons. The van der Waals surface area contributed by atoms with Crippen molar-refractivity contribution in [3.05, 3.63) is 65.0 Å². The molecule has 108 valence electrons. The fourth-order valence-corrected chi connectivity index (χ4v) is 2.16. The number of rotatable bonds is 5. The number of thiocarbonyl (C=S) groups is 1. The van der Waals surface area contributed by atoms with Crippen LogP contribution in [-0.4, -0.2) is 15.9 Å². The van der Waals surface area contributed by atoms with Gasteiger partial charge in [0, 0.05) is 17.3 Å². The van der Waals surface area contributed by atoms with Crippen LogP contribution in [0.4, 0.5) is 0 Å². The molecule has 1 aromatic carbocycles. The Morgan fingerprint density at radius 3 is 2.76 bits per heavy atom. The van der Waals surface area contributed by atoms with Gasteiger partial charge in [0.2, 0.25) is 0 Å². The molecule has 21 heavy (non-hydrogen) atoms. The number of nitrogens with one attached hydrogen (secondary N) is 1. The zero-order valence-corrected chi connectivity index (χ0v) is 12.6. The Kier molecular flexibility index (Phi) is 5.00. The van der Waals surface area contributed by atoms with Crippen LogP contribution in [-0.2, 0) is 13.0 Å². The zero-order chi connectivity index (χ0) is 15.2. The van der Waals surface area contributed by atoms with Crippen molar-refractivity contribution in [3.63, 3.8) is 0 Å². The standard InChI is InChI=1S/C16H17N3OS/c1-2-11-7-4-8-18-14(11)10-19-16(20)13-6-3-5-12(9-13)15(17)21/h3-9H,2,10H2,1H3,(H2,17,21)(H,19,20). The van der Waals surface area contributed by atoms with Gasteiger partial charge < -0.3 is 11.1 Å². The van der Waals surface area contributed by atoms with Crippen molar-refractivity contribution in [1.82, 2.24) is 10.3 Å². The van der Waals surface area contributed by atoms with E-state index < -0.39 is 0 Å². The molecule has 0 saturated heterocycles. The lowest BCUT2D eigenvalue weighted by atomic mass is 10.1. The Balaban J connectivity index is 2.08. The van der Waals surface area contributed by atoms with E-state index in [4.69, 9.17) is 18.0 Å². The van der Waals surface area contributed by atoms with Crippen molar-refractivity contribution in [2.24, 2.45) is 5.73 Å². The zero-order valence-electron chi connectivity index (χ0n) is 11.8. The summed E-state index contributed by atoms with van der Waals surface area (Å²) >= 11 is 4.92. The predicted molar refractivity (Wildman–Crippen MR) is 87.1 cm³/mol. The molecule has 0 unspecified atom stereocenters. The maximum atomic E-state index is 12.2. The third-order valence-corrected chi connectivity index (χ3v) is 3.43. The summed E-state index contributed by atoms with van der Waals surface area (Å²) in [5.74, 6) is -0.166. The van der Waals surface area contributed by atoms with E-state index in [0.717, 1.165) is 17.7 Å². The normalized spacial score (nSPS) is 10.1. The molecule has 0 aliphatic rings. The molecule has 3 N–H and O–H groups in total. The number of carbonyl (C=O) groups is 1. The maximum absolute atomic E-state index is 12.2. The Labute approximate surface area is 129 Å². The second kappa shape index (κ2) is 6.95. The van der Waals surface area contributed by atoms with Crippen LogP contribution in [0.2, 0.25) is 0 Å². The maximum Gasteiger partial charge on any atom is 0.251 e. The highest BCUT2D eigenvalue weighted by Crippen LogP contribution is 2.08. The summed E-state index contributed by atoms with van der Waals surface area (Å²) in [4.78, 5) is 16.8. The lowest BCUT2D eigenvalue weighted by Gasteiger charge is -2.09. The topological polar surface area (TPSA) is 68.0 Å². The van der Waals surface area contributed by atoms with Crippen LogP contribution < -0.4 is 11.1 Å². The molecule has 0 saturated carbocycles. The van der Waals surface area contributed by atoms with Gasteiger partial charge in [-0.25, -0.2) is 0 Å². The van der Waals surface area contributed by atoms with Gasteiger partial charge in [0.15, 0.2) is 0 Å². The number of nitrogens with zero attached hydrogens (tertiary/aromatic N) is 1. The van der Waals surface area contributed by atoms with Crippen molar-refractivity contribution in [1.29, 1.82) is 0 Å². The molecule has 2 aromatic rings. The minimum absolute atomic E-state index is 0.166. The van der Waals surface area contributed by atoms with Crippen molar-refractivity contribution >= 4 is 23.1 Å². The largest absolute Gasteiger partial charge is 0.389 e. The average Bonchev–Trinajstić information content (AvgIpc) is 2.52. The van der Waals surface area contributed by atoms with E-state index in [1.165, 1.54) is 0 Å². The highest BCUT2D eigenvalue weighted by atomic mass is 32.1. The summed E-state index contributed by atoms with van der Waals surface area (Å²) in [6.07, 6.45) is 2.62. The molecular weight excluding hydrogens is 282 g/mol. The Bertz CT molecular complexity index is 670. The highest BCUT2D eigenvalue weighted by molar-refractivity contribution is 7.80. The van der Waals surface area contributed by atoms with Crippen molar-refractivity contribution in [2.45, 2.75) is 19.9 Å². The van der Waals surface area contributed by atoms with Crippen molar-refractivity contribution in [3.8, 4) is 0 Å². The number of benzene rings is 1. The number of aromatic nitrogens is 1. The number of carbonyl (C=O) groups excluding carboxylic acids is 1. The van der Waals surface area contributed by atoms with Gasteiger partial charge in [0.1, 0.15) is 4.99 Å². The first kappa shape index (κ1) is 15.1.